The Kier molecular flexibility index (Phi) is 4.27. The minimum absolute atomic E-state index is 0.680. The van der Waals surface area contributed by atoms with E-state index >= 15 is 0 Å². The van der Waals surface area contributed by atoms with E-state index in [0.29, 0.717) is 6.61 Å². The maximum atomic E-state index is 5.94. The van der Waals surface area contributed by atoms with Crippen LogP contribution in [0, 0.1) is 0 Å². The van der Waals surface area contributed by atoms with Crippen LogP contribution < -0.4 is 14.4 Å². The van der Waals surface area contributed by atoms with E-state index in [1.165, 1.54) is 5.56 Å². The highest BCUT2D eigenvalue weighted by Gasteiger charge is 2.20. The summed E-state index contributed by atoms with van der Waals surface area (Å²) < 4.78 is 12.0. The fourth-order valence-electron chi connectivity index (χ4n) is 2.40. The summed E-state index contributed by atoms with van der Waals surface area (Å²) >= 11 is 9.43. The zero-order chi connectivity index (χ0) is 14.8. The van der Waals surface area contributed by atoms with Crippen LogP contribution in [-0.4, -0.2) is 20.3 Å². The molecule has 110 valence electrons. The number of ether oxygens (including phenoxy) is 2. The Morgan fingerprint density at radius 3 is 2.76 bits per heavy atom. The molecule has 2 aromatic rings. The first-order valence-corrected chi connectivity index (χ1v) is 7.84. The number of hydrogen-bond acceptors (Lipinski definition) is 3. The van der Waals surface area contributed by atoms with E-state index in [0.717, 1.165) is 39.8 Å². The van der Waals surface area contributed by atoms with Crippen molar-refractivity contribution in [2.45, 2.75) is 6.54 Å². The van der Waals surface area contributed by atoms with Gasteiger partial charge in [-0.3, -0.25) is 0 Å². The molecule has 3 nitrogen and oxygen atoms in total. The van der Waals surface area contributed by atoms with Crippen LogP contribution >= 0.6 is 27.5 Å². The van der Waals surface area contributed by atoms with Gasteiger partial charge in [-0.1, -0.05) is 23.7 Å². The van der Waals surface area contributed by atoms with E-state index in [1.54, 1.807) is 7.11 Å². The molecule has 1 aliphatic rings. The summed E-state index contributed by atoms with van der Waals surface area (Å²) in [6, 6.07) is 11.9. The molecule has 21 heavy (non-hydrogen) atoms. The number of fused-ring (bicyclic) bond motifs is 1. The van der Waals surface area contributed by atoms with E-state index in [1.807, 2.05) is 36.4 Å². The summed E-state index contributed by atoms with van der Waals surface area (Å²) in [4.78, 5) is 2.29. The first-order valence-electron chi connectivity index (χ1n) is 6.67. The third-order valence-corrected chi connectivity index (χ3v) is 4.35. The van der Waals surface area contributed by atoms with Gasteiger partial charge in [-0.15, -0.1) is 0 Å². The van der Waals surface area contributed by atoms with Crippen LogP contribution in [0.25, 0.3) is 0 Å². The van der Waals surface area contributed by atoms with Crippen molar-refractivity contribution >= 4 is 33.2 Å². The standard InChI is InChI=1S/C16H15BrClNO2/c1-20-15-9-14-16(8-13(15)17)21-7-6-19(14)10-11-2-4-12(18)5-3-11/h2-5,8-9H,6-7,10H2,1H3. The quantitative estimate of drug-likeness (QED) is 0.795. The highest BCUT2D eigenvalue weighted by atomic mass is 79.9. The van der Waals surface area contributed by atoms with Crippen molar-refractivity contribution < 1.29 is 9.47 Å². The normalized spacial score (nSPS) is 13.6. The van der Waals surface area contributed by atoms with Crippen molar-refractivity contribution in [3.05, 3.63) is 51.5 Å². The zero-order valence-electron chi connectivity index (χ0n) is 11.6. The molecule has 1 aliphatic heterocycles. The van der Waals surface area contributed by atoms with Gasteiger partial charge in [-0.05, 0) is 33.6 Å². The number of hydrogen-bond donors (Lipinski definition) is 0. The molecule has 0 bridgehead atoms. The van der Waals surface area contributed by atoms with Crippen LogP contribution in [0.4, 0.5) is 5.69 Å². The number of methoxy groups -OCH3 is 1. The highest BCUT2D eigenvalue weighted by Crippen LogP contribution is 2.40. The fourth-order valence-corrected chi connectivity index (χ4v) is 3.01. The molecule has 0 atom stereocenters. The first-order chi connectivity index (χ1) is 10.2. The molecule has 0 unspecified atom stereocenters. The van der Waals surface area contributed by atoms with Gasteiger partial charge in [0.05, 0.1) is 23.8 Å². The lowest BCUT2D eigenvalue weighted by Gasteiger charge is -2.32. The van der Waals surface area contributed by atoms with Crippen LogP contribution in [0.1, 0.15) is 5.56 Å². The lowest BCUT2D eigenvalue weighted by molar-refractivity contribution is 0.305. The second-order valence-corrected chi connectivity index (χ2v) is 6.14. The molecule has 0 amide bonds. The molecule has 0 aliphatic carbocycles. The third-order valence-electron chi connectivity index (χ3n) is 3.48. The summed E-state index contributed by atoms with van der Waals surface area (Å²) in [5.41, 5.74) is 2.27. The summed E-state index contributed by atoms with van der Waals surface area (Å²) in [6.45, 7) is 2.35. The van der Waals surface area contributed by atoms with Crippen LogP contribution in [-0.2, 0) is 6.54 Å². The molecular formula is C16H15BrClNO2. The molecular weight excluding hydrogens is 354 g/mol. The molecule has 0 saturated carbocycles. The number of rotatable bonds is 3. The van der Waals surface area contributed by atoms with Crippen LogP contribution in [0.2, 0.25) is 5.02 Å². The summed E-state index contributed by atoms with van der Waals surface area (Å²) in [7, 11) is 1.67. The topological polar surface area (TPSA) is 21.7 Å². The molecule has 2 aromatic carbocycles. The Hall–Kier alpha value is -1.39. The Balaban J connectivity index is 1.90. The zero-order valence-corrected chi connectivity index (χ0v) is 13.9. The molecule has 0 spiro atoms. The summed E-state index contributed by atoms with van der Waals surface area (Å²) in [5.74, 6) is 1.68. The number of nitrogens with zero attached hydrogens (tertiary/aromatic N) is 1. The number of benzene rings is 2. The molecule has 3 rings (SSSR count). The first kappa shape index (κ1) is 14.5. The predicted octanol–water partition coefficient (Wildman–Crippen LogP) is 4.51. The summed E-state index contributed by atoms with van der Waals surface area (Å²) in [5, 5.41) is 0.756. The van der Waals surface area contributed by atoms with Crippen LogP contribution in [0.15, 0.2) is 40.9 Å². The van der Waals surface area contributed by atoms with Crippen molar-refractivity contribution in [1.82, 2.24) is 0 Å². The molecule has 0 aromatic heterocycles. The van der Waals surface area contributed by atoms with Gasteiger partial charge in [0.25, 0.3) is 0 Å². The minimum atomic E-state index is 0.680. The second-order valence-electron chi connectivity index (χ2n) is 4.85. The van der Waals surface area contributed by atoms with Gasteiger partial charge in [0.1, 0.15) is 18.1 Å². The maximum Gasteiger partial charge on any atom is 0.144 e. The van der Waals surface area contributed by atoms with E-state index in [2.05, 4.69) is 20.8 Å². The number of halogens is 2. The molecule has 0 fully saturated rings. The Labute approximate surface area is 137 Å². The van der Waals surface area contributed by atoms with Gasteiger partial charge in [-0.2, -0.15) is 0 Å². The van der Waals surface area contributed by atoms with Gasteiger partial charge in [0.2, 0.25) is 0 Å². The Morgan fingerprint density at radius 2 is 2.05 bits per heavy atom. The van der Waals surface area contributed by atoms with Gasteiger partial charge < -0.3 is 14.4 Å². The average Bonchev–Trinajstić information content (AvgIpc) is 2.49. The van der Waals surface area contributed by atoms with Crippen molar-refractivity contribution in [3.63, 3.8) is 0 Å². The molecule has 0 N–H and O–H groups in total. The molecule has 0 saturated heterocycles. The third kappa shape index (κ3) is 3.11. The lowest BCUT2D eigenvalue weighted by atomic mass is 10.1. The highest BCUT2D eigenvalue weighted by molar-refractivity contribution is 9.10. The maximum absolute atomic E-state index is 5.94. The van der Waals surface area contributed by atoms with E-state index in [-0.39, 0.29) is 0 Å². The summed E-state index contributed by atoms with van der Waals surface area (Å²) in [6.07, 6.45) is 0. The molecule has 1 heterocycles. The number of anilines is 1. The van der Waals surface area contributed by atoms with E-state index < -0.39 is 0 Å². The monoisotopic (exact) mass is 367 g/mol. The van der Waals surface area contributed by atoms with Crippen molar-refractivity contribution in [2.24, 2.45) is 0 Å². The van der Waals surface area contributed by atoms with E-state index in [9.17, 15) is 0 Å². The molecule has 5 heteroatoms. The van der Waals surface area contributed by atoms with Crippen LogP contribution in [0.5, 0.6) is 11.5 Å². The SMILES string of the molecule is COc1cc2c(cc1Br)OCCN2Cc1ccc(Cl)cc1. The predicted molar refractivity (Wildman–Crippen MR) is 88.7 cm³/mol. The van der Waals surface area contributed by atoms with Gasteiger partial charge in [0.15, 0.2) is 0 Å². The smallest absolute Gasteiger partial charge is 0.144 e. The largest absolute Gasteiger partial charge is 0.495 e. The second kappa shape index (κ2) is 6.16. The minimum Gasteiger partial charge on any atom is -0.495 e. The fraction of sp³-hybridized carbons (Fsp3) is 0.250. The van der Waals surface area contributed by atoms with Crippen molar-refractivity contribution in [3.8, 4) is 11.5 Å². The van der Waals surface area contributed by atoms with E-state index in [4.69, 9.17) is 21.1 Å². The van der Waals surface area contributed by atoms with Crippen molar-refractivity contribution in [1.29, 1.82) is 0 Å². The average molecular weight is 369 g/mol. The molecule has 0 radical (unpaired) electrons. The van der Waals surface area contributed by atoms with Gasteiger partial charge >= 0.3 is 0 Å². The van der Waals surface area contributed by atoms with Gasteiger partial charge in [-0.25, -0.2) is 0 Å². The van der Waals surface area contributed by atoms with Crippen LogP contribution in [0.3, 0.4) is 0 Å². The Bertz CT molecular complexity index is 645. The van der Waals surface area contributed by atoms with Gasteiger partial charge in [0, 0.05) is 23.7 Å². The van der Waals surface area contributed by atoms with Crippen molar-refractivity contribution in [2.75, 3.05) is 25.2 Å². The Morgan fingerprint density at radius 1 is 1.29 bits per heavy atom. The lowest BCUT2D eigenvalue weighted by Crippen LogP contribution is -2.32.